The van der Waals surface area contributed by atoms with Gasteiger partial charge in [-0.3, -0.25) is 0 Å². The zero-order valence-corrected chi connectivity index (χ0v) is 27.0. The number of unbranched alkanes of at least 4 members (excludes halogenated alkanes) is 4. The third-order valence-electron chi connectivity index (χ3n) is 8.20. The Bertz CT molecular complexity index is 1390. The first kappa shape index (κ1) is 33.6. The van der Waals surface area contributed by atoms with Gasteiger partial charge in [-0.2, -0.15) is 0 Å². The van der Waals surface area contributed by atoms with E-state index in [4.69, 9.17) is 23.7 Å². The molecule has 1 heterocycles. The van der Waals surface area contributed by atoms with E-state index in [0.29, 0.717) is 33.0 Å². The fourth-order valence-corrected chi connectivity index (χ4v) is 5.69. The lowest BCUT2D eigenvalue weighted by molar-refractivity contribution is -0.223. The van der Waals surface area contributed by atoms with E-state index in [1.54, 1.807) is 0 Å². The number of benzene rings is 4. The molecule has 242 valence electrons. The Morgan fingerprint density at radius 1 is 0.543 bits per heavy atom. The molecule has 5 heteroatoms. The maximum atomic E-state index is 6.82. The summed E-state index contributed by atoms with van der Waals surface area (Å²) in [5.74, 6) is 0.804. The molecule has 1 fully saturated rings. The second-order valence-corrected chi connectivity index (χ2v) is 11.9. The van der Waals surface area contributed by atoms with Gasteiger partial charge in [-0.15, -0.1) is 0 Å². The highest BCUT2D eigenvalue weighted by Gasteiger charge is 2.46. The number of hydrogen-bond acceptors (Lipinski definition) is 5. The highest BCUT2D eigenvalue weighted by molar-refractivity contribution is 5.18. The molecule has 1 aliphatic heterocycles. The number of allylic oxidation sites excluding steroid dienone is 1. The normalized spacial score (nSPS) is 20.4. The summed E-state index contributed by atoms with van der Waals surface area (Å²) in [4.78, 5) is 0. The standard InChI is InChI=1S/C41H48O5/c1-2-3-4-5-18-27-37-39(43-29-34-21-12-7-13-22-34)41(45-31-36-25-16-9-17-26-36)40(44-30-35-23-14-8-15-24-35)38(46-37)32-42-28-33-19-10-6-11-20-33/h6-17,19-27,38-41H,2-5,18,28-32H2,1H3/b37-27-/t38?,39-,40?,41?/m1/s1. The van der Waals surface area contributed by atoms with Crippen LogP contribution in [0, 0.1) is 0 Å². The van der Waals surface area contributed by atoms with Gasteiger partial charge in [0.05, 0.1) is 33.0 Å². The highest BCUT2D eigenvalue weighted by Crippen LogP contribution is 2.33. The summed E-state index contributed by atoms with van der Waals surface area (Å²) in [5, 5.41) is 0. The van der Waals surface area contributed by atoms with Crippen molar-refractivity contribution in [2.45, 2.75) is 89.9 Å². The van der Waals surface area contributed by atoms with Crippen LogP contribution in [0.25, 0.3) is 0 Å². The molecule has 0 bridgehead atoms. The lowest BCUT2D eigenvalue weighted by Gasteiger charge is -2.43. The number of ether oxygens (including phenoxy) is 5. The van der Waals surface area contributed by atoms with E-state index in [9.17, 15) is 0 Å². The minimum atomic E-state index is -0.443. The average Bonchev–Trinajstić information content (AvgIpc) is 3.11. The van der Waals surface area contributed by atoms with Gasteiger partial charge >= 0.3 is 0 Å². The second kappa shape index (κ2) is 19.0. The molecule has 0 N–H and O–H groups in total. The molecule has 4 atom stereocenters. The molecular formula is C41H48O5. The van der Waals surface area contributed by atoms with Crippen LogP contribution in [0.15, 0.2) is 133 Å². The molecule has 4 aromatic rings. The third-order valence-corrected chi connectivity index (χ3v) is 8.20. The SMILES string of the molecule is CCCCCC/C=C1\OC(COCc2ccccc2)C(OCc2ccccc2)C(OCc2ccccc2)[C@@H]1OCc1ccccc1. The van der Waals surface area contributed by atoms with Crippen molar-refractivity contribution in [1.29, 1.82) is 0 Å². The summed E-state index contributed by atoms with van der Waals surface area (Å²) in [6.07, 6.45) is 6.17. The zero-order chi connectivity index (χ0) is 31.7. The predicted octanol–water partition coefficient (Wildman–Crippen LogP) is 9.21. The van der Waals surface area contributed by atoms with E-state index in [1.165, 1.54) is 19.3 Å². The molecule has 5 nitrogen and oxygen atoms in total. The first-order valence-electron chi connectivity index (χ1n) is 16.7. The zero-order valence-electron chi connectivity index (χ0n) is 27.0. The van der Waals surface area contributed by atoms with Crippen LogP contribution >= 0.6 is 0 Å². The molecule has 0 amide bonds. The van der Waals surface area contributed by atoms with E-state index in [2.05, 4.69) is 61.5 Å². The van der Waals surface area contributed by atoms with Crippen LogP contribution in [0.4, 0.5) is 0 Å². The average molecular weight is 621 g/mol. The Balaban J connectivity index is 1.43. The van der Waals surface area contributed by atoms with Crippen molar-refractivity contribution in [1.82, 2.24) is 0 Å². The summed E-state index contributed by atoms with van der Waals surface area (Å²) >= 11 is 0. The van der Waals surface area contributed by atoms with Crippen LogP contribution in [0.2, 0.25) is 0 Å². The largest absolute Gasteiger partial charge is 0.487 e. The van der Waals surface area contributed by atoms with Crippen molar-refractivity contribution >= 4 is 0 Å². The van der Waals surface area contributed by atoms with Crippen molar-refractivity contribution < 1.29 is 23.7 Å². The van der Waals surface area contributed by atoms with Gasteiger partial charge in [0, 0.05) is 0 Å². The molecule has 1 aliphatic rings. The molecule has 0 saturated carbocycles. The van der Waals surface area contributed by atoms with Crippen molar-refractivity contribution in [3.05, 3.63) is 155 Å². The van der Waals surface area contributed by atoms with Crippen molar-refractivity contribution in [2.24, 2.45) is 0 Å². The van der Waals surface area contributed by atoms with Crippen molar-refractivity contribution in [3.8, 4) is 0 Å². The van der Waals surface area contributed by atoms with E-state index in [1.807, 2.05) is 72.8 Å². The molecule has 0 spiro atoms. The molecule has 46 heavy (non-hydrogen) atoms. The molecule has 5 rings (SSSR count). The Morgan fingerprint density at radius 3 is 1.54 bits per heavy atom. The van der Waals surface area contributed by atoms with E-state index in [0.717, 1.165) is 40.9 Å². The maximum absolute atomic E-state index is 6.82. The van der Waals surface area contributed by atoms with Crippen LogP contribution in [-0.2, 0) is 50.1 Å². The van der Waals surface area contributed by atoms with Crippen molar-refractivity contribution in [2.75, 3.05) is 6.61 Å². The fraction of sp³-hybridized carbons (Fsp3) is 0.366. The van der Waals surface area contributed by atoms with Crippen molar-refractivity contribution in [3.63, 3.8) is 0 Å². The Kier molecular flexibility index (Phi) is 13.9. The summed E-state index contributed by atoms with van der Waals surface area (Å²) in [5.41, 5.74) is 4.40. The van der Waals surface area contributed by atoms with Crippen LogP contribution in [0.3, 0.4) is 0 Å². The predicted molar refractivity (Wildman–Crippen MR) is 183 cm³/mol. The minimum absolute atomic E-state index is 0.359. The molecule has 3 unspecified atom stereocenters. The van der Waals surface area contributed by atoms with E-state index >= 15 is 0 Å². The van der Waals surface area contributed by atoms with E-state index in [-0.39, 0.29) is 6.10 Å². The lowest BCUT2D eigenvalue weighted by atomic mass is 9.96. The van der Waals surface area contributed by atoms with Crippen LogP contribution < -0.4 is 0 Å². The number of rotatable bonds is 18. The quantitative estimate of drug-likeness (QED) is 0.104. The highest BCUT2D eigenvalue weighted by atomic mass is 16.6. The fourth-order valence-electron chi connectivity index (χ4n) is 5.69. The first-order valence-corrected chi connectivity index (χ1v) is 16.7. The topological polar surface area (TPSA) is 46.2 Å². The van der Waals surface area contributed by atoms with E-state index < -0.39 is 18.3 Å². The van der Waals surface area contributed by atoms with Gasteiger partial charge in [-0.05, 0) is 41.2 Å². The molecule has 0 radical (unpaired) electrons. The number of hydrogen-bond donors (Lipinski definition) is 0. The molecule has 0 aliphatic carbocycles. The van der Waals surface area contributed by atoms with Gasteiger partial charge in [-0.1, -0.05) is 148 Å². The monoisotopic (exact) mass is 620 g/mol. The Labute approximate surface area is 275 Å². The van der Waals surface area contributed by atoms with Gasteiger partial charge in [0.1, 0.15) is 24.1 Å². The lowest BCUT2D eigenvalue weighted by Crippen LogP contribution is -2.56. The van der Waals surface area contributed by atoms with Crippen LogP contribution in [0.5, 0.6) is 0 Å². The summed E-state index contributed by atoms with van der Waals surface area (Å²) < 4.78 is 33.4. The third kappa shape index (κ3) is 10.7. The molecular weight excluding hydrogens is 572 g/mol. The summed E-state index contributed by atoms with van der Waals surface area (Å²) in [6, 6.07) is 41.0. The van der Waals surface area contributed by atoms with Crippen LogP contribution in [-0.4, -0.2) is 31.0 Å². The van der Waals surface area contributed by atoms with Gasteiger partial charge in [0.2, 0.25) is 0 Å². The molecule has 0 aromatic heterocycles. The molecule has 4 aromatic carbocycles. The summed E-state index contributed by atoms with van der Waals surface area (Å²) in [6.45, 7) is 4.39. The summed E-state index contributed by atoms with van der Waals surface area (Å²) in [7, 11) is 0. The Hall–Kier alpha value is -3.74. The van der Waals surface area contributed by atoms with Gasteiger partial charge in [-0.25, -0.2) is 0 Å². The Morgan fingerprint density at radius 2 is 1.02 bits per heavy atom. The van der Waals surface area contributed by atoms with Gasteiger partial charge < -0.3 is 23.7 Å². The smallest absolute Gasteiger partial charge is 0.150 e. The van der Waals surface area contributed by atoms with Crippen LogP contribution in [0.1, 0.15) is 61.3 Å². The van der Waals surface area contributed by atoms with Gasteiger partial charge in [0.25, 0.3) is 0 Å². The first-order chi connectivity index (χ1) is 22.8. The molecule has 1 saturated heterocycles. The maximum Gasteiger partial charge on any atom is 0.150 e. The van der Waals surface area contributed by atoms with Gasteiger partial charge in [0.15, 0.2) is 6.10 Å². The minimum Gasteiger partial charge on any atom is -0.487 e. The second-order valence-electron chi connectivity index (χ2n) is 11.9.